The van der Waals surface area contributed by atoms with Crippen LogP contribution in [0.25, 0.3) is 0 Å². The van der Waals surface area contributed by atoms with Crippen molar-refractivity contribution < 1.29 is 9.90 Å². The van der Waals surface area contributed by atoms with E-state index in [0.717, 1.165) is 3.57 Å². The Hall–Kier alpha value is -1.11. The van der Waals surface area contributed by atoms with Crippen LogP contribution in [0.4, 0.5) is 5.69 Å². The maximum atomic E-state index is 12.1. The van der Waals surface area contributed by atoms with Crippen LogP contribution in [0.2, 0.25) is 5.02 Å². The molecule has 0 aliphatic rings. The van der Waals surface area contributed by atoms with Crippen LogP contribution in [-0.4, -0.2) is 11.0 Å². The number of aliphatic hydroxyl groups is 1. The van der Waals surface area contributed by atoms with Gasteiger partial charge >= 0.3 is 0 Å². The van der Waals surface area contributed by atoms with Gasteiger partial charge in [0.2, 0.25) is 0 Å². The van der Waals surface area contributed by atoms with E-state index in [1.165, 1.54) is 0 Å². The maximum Gasteiger partial charge on any atom is 0.255 e. The van der Waals surface area contributed by atoms with Gasteiger partial charge in [-0.3, -0.25) is 4.79 Å². The minimum absolute atomic E-state index is 0.121. The molecular formula is C14H11ClINO2. The molecule has 0 aliphatic carbocycles. The molecule has 98 valence electrons. The van der Waals surface area contributed by atoms with Crippen LogP contribution < -0.4 is 5.32 Å². The van der Waals surface area contributed by atoms with E-state index in [-0.39, 0.29) is 12.5 Å². The van der Waals surface area contributed by atoms with Crippen molar-refractivity contribution in [1.29, 1.82) is 0 Å². The van der Waals surface area contributed by atoms with Crippen molar-refractivity contribution in [3.05, 3.63) is 62.2 Å². The van der Waals surface area contributed by atoms with Crippen molar-refractivity contribution >= 4 is 45.8 Å². The number of carbonyl (C=O) groups excluding carboxylic acids is 1. The summed E-state index contributed by atoms with van der Waals surface area (Å²) in [6.45, 7) is -0.121. The van der Waals surface area contributed by atoms with Crippen LogP contribution in [0.1, 0.15) is 15.9 Å². The second kappa shape index (κ2) is 6.36. The molecule has 0 fully saturated rings. The first-order valence-electron chi connectivity index (χ1n) is 5.57. The summed E-state index contributed by atoms with van der Waals surface area (Å²) in [6, 6.07) is 12.2. The highest BCUT2D eigenvalue weighted by Gasteiger charge is 2.10. The zero-order valence-electron chi connectivity index (χ0n) is 9.86. The number of benzene rings is 2. The van der Waals surface area contributed by atoms with E-state index in [4.69, 9.17) is 11.6 Å². The molecule has 2 N–H and O–H groups in total. The van der Waals surface area contributed by atoms with Gasteiger partial charge in [-0.2, -0.15) is 0 Å². The van der Waals surface area contributed by atoms with Gasteiger partial charge in [0.15, 0.2) is 0 Å². The lowest BCUT2D eigenvalue weighted by atomic mass is 10.1. The van der Waals surface area contributed by atoms with Gasteiger partial charge in [-0.05, 0) is 46.9 Å². The van der Waals surface area contributed by atoms with E-state index in [9.17, 15) is 9.90 Å². The van der Waals surface area contributed by atoms with Crippen molar-refractivity contribution in [2.45, 2.75) is 6.61 Å². The van der Waals surface area contributed by atoms with Gasteiger partial charge in [-0.25, -0.2) is 0 Å². The Bertz CT molecular complexity index is 616. The number of nitrogens with one attached hydrogen (secondary N) is 1. The van der Waals surface area contributed by atoms with Crippen molar-refractivity contribution in [1.82, 2.24) is 0 Å². The quantitative estimate of drug-likeness (QED) is 0.789. The number of hydrogen-bond donors (Lipinski definition) is 2. The molecule has 0 radical (unpaired) electrons. The fraction of sp³-hybridized carbons (Fsp3) is 0.0714. The average molecular weight is 388 g/mol. The average Bonchev–Trinajstić information content (AvgIpc) is 2.42. The van der Waals surface area contributed by atoms with E-state index in [0.29, 0.717) is 21.8 Å². The molecule has 0 spiro atoms. The summed E-state index contributed by atoms with van der Waals surface area (Å²) in [5.41, 5.74) is 1.76. The lowest BCUT2D eigenvalue weighted by Crippen LogP contribution is -2.13. The normalized spacial score (nSPS) is 10.3. The summed E-state index contributed by atoms with van der Waals surface area (Å²) >= 11 is 8.09. The van der Waals surface area contributed by atoms with Gasteiger partial charge < -0.3 is 10.4 Å². The van der Waals surface area contributed by atoms with E-state index >= 15 is 0 Å². The molecular weight excluding hydrogens is 377 g/mol. The van der Waals surface area contributed by atoms with Crippen LogP contribution in [0.15, 0.2) is 42.5 Å². The number of halogens is 2. The predicted molar refractivity (Wildman–Crippen MR) is 84.5 cm³/mol. The Morgan fingerprint density at radius 3 is 2.68 bits per heavy atom. The third-order valence-electron chi connectivity index (χ3n) is 2.62. The van der Waals surface area contributed by atoms with Crippen LogP contribution in [-0.2, 0) is 6.61 Å². The molecule has 5 heteroatoms. The molecule has 0 aliphatic heterocycles. The van der Waals surface area contributed by atoms with E-state index in [2.05, 4.69) is 27.9 Å². The zero-order valence-corrected chi connectivity index (χ0v) is 12.8. The maximum absolute atomic E-state index is 12.1. The van der Waals surface area contributed by atoms with Crippen LogP contribution in [0.3, 0.4) is 0 Å². The van der Waals surface area contributed by atoms with Gasteiger partial charge in [-0.1, -0.05) is 29.8 Å². The monoisotopic (exact) mass is 387 g/mol. The minimum Gasteiger partial charge on any atom is -0.392 e. The van der Waals surface area contributed by atoms with Gasteiger partial charge in [0.25, 0.3) is 5.91 Å². The number of carbonyl (C=O) groups is 1. The highest BCUT2D eigenvalue weighted by molar-refractivity contribution is 14.1. The molecule has 0 atom stereocenters. The number of amides is 1. The Labute approximate surface area is 129 Å². The summed E-state index contributed by atoms with van der Waals surface area (Å²) in [7, 11) is 0. The highest BCUT2D eigenvalue weighted by Crippen LogP contribution is 2.21. The molecule has 19 heavy (non-hydrogen) atoms. The molecule has 2 aromatic carbocycles. The number of rotatable bonds is 3. The second-order valence-corrected chi connectivity index (χ2v) is 5.47. The SMILES string of the molecule is O=C(Nc1ccccc1CO)c1ccc(I)c(Cl)c1. The lowest BCUT2D eigenvalue weighted by Gasteiger charge is -2.09. The number of aliphatic hydroxyl groups excluding tert-OH is 1. The lowest BCUT2D eigenvalue weighted by molar-refractivity contribution is 0.102. The standard InChI is InChI=1S/C14H11ClINO2/c15-11-7-9(5-6-12(11)16)14(19)17-13-4-2-1-3-10(13)8-18/h1-7,18H,8H2,(H,17,19). The predicted octanol–water partition coefficient (Wildman–Crippen LogP) is 3.69. The van der Waals surface area contributed by atoms with Gasteiger partial charge in [0.1, 0.15) is 0 Å². The fourth-order valence-electron chi connectivity index (χ4n) is 1.61. The topological polar surface area (TPSA) is 49.3 Å². The molecule has 2 aromatic rings. The largest absolute Gasteiger partial charge is 0.392 e. The first-order chi connectivity index (χ1) is 9.11. The number of hydrogen-bond acceptors (Lipinski definition) is 2. The molecule has 0 saturated carbocycles. The van der Waals surface area contributed by atoms with E-state index < -0.39 is 0 Å². The molecule has 0 heterocycles. The summed E-state index contributed by atoms with van der Waals surface area (Å²) in [5, 5.41) is 12.5. The van der Waals surface area contributed by atoms with Gasteiger partial charge in [-0.15, -0.1) is 0 Å². The first-order valence-corrected chi connectivity index (χ1v) is 7.02. The summed E-state index contributed by atoms with van der Waals surface area (Å²) in [5.74, 6) is -0.251. The molecule has 0 bridgehead atoms. The zero-order chi connectivity index (χ0) is 13.8. The summed E-state index contributed by atoms with van der Waals surface area (Å²) in [6.07, 6.45) is 0. The van der Waals surface area contributed by atoms with Crippen LogP contribution in [0.5, 0.6) is 0 Å². The smallest absolute Gasteiger partial charge is 0.255 e. The highest BCUT2D eigenvalue weighted by atomic mass is 127. The van der Waals surface area contributed by atoms with Crippen LogP contribution in [0, 0.1) is 3.57 Å². The van der Waals surface area contributed by atoms with Crippen molar-refractivity contribution in [3.8, 4) is 0 Å². The van der Waals surface area contributed by atoms with Gasteiger partial charge in [0, 0.05) is 20.4 Å². The molecule has 1 amide bonds. The molecule has 3 nitrogen and oxygen atoms in total. The molecule has 0 aromatic heterocycles. The number of anilines is 1. The summed E-state index contributed by atoms with van der Waals surface area (Å²) < 4.78 is 0.895. The van der Waals surface area contributed by atoms with E-state index in [1.807, 2.05) is 6.07 Å². The molecule has 0 unspecified atom stereocenters. The second-order valence-electron chi connectivity index (χ2n) is 3.90. The third-order valence-corrected chi connectivity index (χ3v) is 4.19. The van der Waals surface area contributed by atoms with E-state index in [1.54, 1.807) is 36.4 Å². The van der Waals surface area contributed by atoms with Gasteiger partial charge in [0.05, 0.1) is 11.6 Å². The minimum atomic E-state index is -0.251. The Morgan fingerprint density at radius 1 is 1.26 bits per heavy atom. The van der Waals surface area contributed by atoms with Crippen molar-refractivity contribution in [3.63, 3.8) is 0 Å². The molecule has 2 rings (SSSR count). The molecule has 0 saturated heterocycles. The van der Waals surface area contributed by atoms with Crippen LogP contribution >= 0.6 is 34.2 Å². The van der Waals surface area contributed by atoms with Crippen molar-refractivity contribution in [2.24, 2.45) is 0 Å². The first kappa shape index (κ1) is 14.3. The Kier molecular flexibility index (Phi) is 4.79. The third kappa shape index (κ3) is 3.46. The summed E-state index contributed by atoms with van der Waals surface area (Å²) in [4.78, 5) is 12.1. The van der Waals surface area contributed by atoms with Crippen molar-refractivity contribution in [2.75, 3.05) is 5.32 Å². The Morgan fingerprint density at radius 2 is 2.00 bits per heavy atom. The fourth-order valence-corrected chi connectivity index (χ4v) is 2.13. The number of para-hydroxylation sites is 1. The Balaban J connectivity index is 2.23.